The third-order valence-electron chi connectivity index (χ3n) is 3.46. The minimum atomic E-state index is -0.542. The summed E-state index contributed by atoms with van der Waals surface area (Å²) in [4.78, 5) is 4.46. The van der Waals surface area contributed by atoms with Gasteiger partial charge in [0.15, 0.2) is 0 Å². The Morgan fingerprint density at radius 1 is 0.773 bits per heavy atom. The average Bonchev–Trinajstić information content (AvgIpc) is 2.58. The van der Waals surface area contributed by atoms with E-state index in [0.717, 1.165) is 12.2 Å². The molecular formula is C19H19N2P. The van der Waals surface area contributed by atoms with Crippen LogP contribution in [0.15, 0.2) is 85.1 Å². The number of nitrogens with zero attached hydrogens (tertiary/aromatic N) is 2. The molecular weight excluding hydrogens is 287 g/mol. The van der Waals surface area contributed by atoms with E-state index in [4.69, 9.17) is 0 Å². The summed E-state index contributed by atoms with van der Waals surface area (Å²) in [7, 11) is 1.64. The monoisotopic (exact) mass is 306 g/mol. The maximum Gasteiger partial charge on any atom is 0.0547 e. The lowest BCUT2D eigenvalue weighted by atomic mass is 10.3. The summed E-state index contributed by atoms with van der Waals surface area (Å²) < 4.78 is 2.41. The first-order valence-corrected chi connectivity index (χ1v) is 8.65. The zero-order valence-corrected chi connectivity index (χ0v) is 13.5. The summed E-state index contributed by atoms with van der Waals surface area (Å²) in [5.74, 6) is 0. The Morgan fingerprint density at radius 3 is 1.82 bits per heavy atom. The van der Waals surface area contributed by atoms with Crippen molar-refractivity contribution in [1.82, 2.24) is 9.65 Å². The second-order valence-corrected chi connectivity index (χ2v) is 7.46. The van der Waals surface area contributed by atoms with E-state index in [2.05, 4.69) is 83.4 Å². The molecule has 0 saturated carbocycles. The van der Waals surface area contributed by atoms with Crippen molar-refractivity contribution in [3.63, 3.8) is 0 Å². The largest absolute Gasteiger partial charge is 0.272 e. The van der Waals surface area contributed by atoms with Gasteiger partial charge in [-0.2, -0.15) is 0 Å². The normalized spacial score (nSPS) is 11.0. The third-order valence-corrected chi connectivity index (χ3v) is 5.86. The number of hydrogen-bond donors (Lipinski definition) is 0. The highest BCUT2D eigenvalue weighted by molar-refractivity contribution is 7.70. The fourth-order valence-corrected chi connectivity index (χ4v) is 4.76. The van der Waals surface area contributed by atoms with Crippen molar-refractivity contribution >= 4 is 18.7 Å². The van der Waals surface area contributed by atoms with Crippen LogP contribution in [0, 0.1) is 0 Å². The van der Waals surface area contributed by atoms with Gasteiger partial charge in [0.1, 0.15) is 0 Å². The molecule has 22 heavy (non-hydrogen) atoms. The molecule has 0 aliphatic rings. The van der Waals surface area contributed by atoms with Gasteiger partial charge in [-0.3, -0.25) is 9.65 Å². The van der Waals surface area contributed by atoms with Crippen LogP contribution in [0.4, 0.5) is 0 Å². The lowest BCUT2D eigenvalue weighted by Crippen LogP contribution is -2.25. The zero-order chi connectivity index (χ0) is 15.2. The lowest BCUT2D eigenvalue weighted by molar-refractivity contribution is 0.543. The minimum Gasteiger partial charge on any atom is -0.272 e. The molecule has 0 N–H and O–H groups in total. The van der Waals surface area contributed by atoms with Gasteiger partial charge in [0, 0.05) is 20.8 Å². The number of rotatable bonds is 5. The summed E-state index contributed by atoms with van der Waals surface area (Å²) in [6.45, 7) is 0.844. The quantitative estimate of drug-likeness (QED) is 0.670. The van der Waals surface area contributed by atoms with Gasteiger partial charge in [-0.1, -0.05) is 66.7 Å². The van der Waals surface area contributed by atoms with Gasteiger partial charge in [-0.25, -0.2) is 0 Å². The molecule has 0 fully saturated rings. The number of pyridine rings is 1. The second kappa shape index (κ2) is 7.31. The first-order valence-electron chi connectivity index (χ1n) is 7.36. The molecule has 2 aromatic carbocycles. The standard InChI is InChI=1S/C19H19N2P/c1-21(16-17-10-8-9-15-20-17)22(18-11-4-2-5-12-18)19-13-6-3-7-14-19/h2-15H,16H2,1H3. The highest BCUT2D eigenvalue weighted by Gasteiger charge is 2.19. The van der Waals surface area contributed by atoms with Crippen molar-refractivity contribution in [3.05, 3.63) is 90.8 Å². The highest BCUT2D eigenvalue weighted by atomic mass is 31.1. The van der Waals surface area contributed by atoms with Crippen LogP contribution in [0.25, 0.3) is 0 Å². The smallest absolute Gasteiger partial charge is 0.0547 e. The Kier molecular flexibility index (Phi) is 4.95. The highest BCUT2D eigenvalue weighted by Crippen LogP contribution is 2.37. The van der Waals surface area contributed by atoms with E-state index < -0.39 is 8.07 Å². The lowest BCUT2D eigenvalue weighted by Gasteiger charge is -2.28. The van der Waals surface area contributed by atoms with Crippen molar-refractivity contribution in [2.24, 2.45) is 0 Å². The molecule has 110 valence electrons. The first-order chi connectivity index (χ1) is 10.8. The van der Waals surface area contributed by atoms with Crippen molar-refractivity contribution < 1.29 is 0 Å². The molecule has 0 saturated heterocycles. The van der Waals surface area contributed by atoms with Crippen LogP contribution in [0.5, 0.6) is 0 Å². The van der Waals surface area contributed by atoms with Gasteiger partial charge in [0.2, 0.25) is 0 Å². The zero-order valence-electron chi connectivity index (χ0n) is 12.6. The van der Waals surface area contributed by atoms with Gasteiger partial charge in [0.05, 0.1) is 5.69 Å². The molecule has 0 unspecified atom stereocenters. The van der Waals surface area contributed by atoms with E-state index in [1.807, 2.05) is 18.3 Å². The van der Waals surface area contributed by atoms with E-state index >= 15 is 0 Å². The van der Waals surface area contributed by atoms with Crippen LogP contribution in [0.2, 0.25) is 0 Å². The molecule has 1 heterocycles. The maximum absolute atomic E-state index is 4.46. The fourth-order valence-electron chi connectivity index (χ4n) is 2.48. The van der Waals surface area contributed by atoms with Gasteiger partial charge in [-0.05, 0) is 29.8 Å². The Hall–Kier alpha value is -2.02. The van der Waals surface area contributed by atoms with Gasteiger partial charge in [-0.15, -0.1) is 0 Å². The van der Waals surface area contributed by atoms with Crippen molar-refractivity contribution in [2.45, 2.75) is 6.54 Å². The topological polar surface area (TPSA) is 16.1 Å². The summed E-state index contributed by atoms with van der Waals surface area (Å²) in [5, 5.41) is 2.73. The van der Waals surface area contributed by atoms with Crippen LogP contribution in [0.3, 0.4) is 0 Å². The van der Waals surface area contributed by atoms with Gasteiger partial charge < -0.3 is 0 Å². The average molecular weight is 306 g/mol. The number of benzene rings is 2. The van der Waals surface area contributed by atoms with Crippen molar-refractivity contribution in [2.75, 3.05) is 7.05 Å². The second-order valence-electron chi connectivity index (χ2n) is 5.12. The molecule has 2 nitrogen and oxygen atoms in total. The molecule has 0 radical (unpaired) electrons. The summed E-state index contributed by atoms with van der Waals surface area (Å²) in [6, 6.07) is 27.5. The predicted molar refractivity (Wildman–Crippen MR) is 94.8 cm³/mol. The predicted octanol–water partition coefficient (Wildman–Crippen LogP) is 3.56. The van der Waals surface area contributed by atoms with Crippen LogP contribution in [-0.4, -0.2) is 16.7 Å². The number of hydrogen-bond acceptors (Lipinski definition) is 2. The van der Waals surface area contributed by atoms with E-state index in [-0.39, 0.29) is 0 Å². The van der Waals surface area contributed by atoms with Crippen LogP contribution < -0.4 is 10.6 Å². The summed E-state index contributed by atoms with van der Waals surface area (Å²) >= 11 is 0. The summed E-state index contributed by atoms with van der Waals surface area (Å²) in [5.41, 5.74) is 1.10. The summed E-state index contributed by atoms with van der Waals surface area (Å²) in [6.07, 6.45) is 1.86. The molecule has 0 bridgehead atoms. The van der Waals surface area contributed by atoms with E-state index in [0.29, 0.717) is 0 Å². The SMILES string of the molecule is CN(Cc1ccccn1)P(c1ccccc1)c1ccccc1. The molecule has 0 spiro atoms. The van der Waals surface area contributed by atoms with Crippen LogP contribution >= 0.6 is 8.07 Å². The molecule has 0 amide bonds. The number of aromatic nitrogens is 1. The Morgan fingerprint density at radius 2 is 1.32 bits per heavy atom. The van der Waals surface area contributed by atoms with Gasteiger partial charge in [0.25, 0.3) is 0 Å². The Labute approximate surface area is 133 Å². The Balaban J connectivity index is 1.92. The molecule has 1 aromatic heterocycles. The molecule has 0 aliphatic carbocycles. The molecule has 3 aromatic rings. The van der Waals surface area contributed by atoms with Crippen LogP contribution in [-0.2, 0) is 6.54 Å². The molecule has 0 atom stereocenters. The van der Waals surface area contributed by atoms with E-state index in [1.165, 1.54) is 10.6 Å². The van der Waals surface area contributed by atoms with Crippen LogP contribution in [0.1, 0.15) is 5.69 Å². The molecule has 3 rings (SSSR count). The van der Waals surface area contributed by atoms with E-state index in [1.54, 1.807) is 0 Å². The minimum absolute atomic E-state index is 0.542. The van der Waals surface area contributed by atoms with Gasteiger partial charge >= 0.3 is 0 Å². The maximum atomic E-state index is 4.46. The first kappa shape index (κ1) is 14.9. The molecule has 3 heteroatoms. The van der Waals surface area contributed by atoms with Crippen molar-refractivity contribution in [1.29, 1.82) is 0 Å². The third kappa shape index (κ3) is 3.59. The molecule has 0 aliphatic heterocycles. The van der Waals surface area contributed by atoms with E-state index in [9.17, 15) is 0 Å². The van der Waals surface area contributed by atoms with Crippen molar-refractivity contribution in [3.8, 4) is 0 Å². The Bertz CT molecular complexity index is 647. The fraction of sp³-hybridized carbons (Fsp3) is 0.105.